The number of hydrogen-bond donors (Lipinski definition) is 2. The minimum Gasteiger partial charge on any atom is -0.378 e. The normalized spacial score (nSPS) is 21.0. The molecule has 1 atom stereocenters. The van der Waals surface area contributed by atoms with Gasteiger partial charge in [0.2, 0.25) is 5.91 Å². The molecule has 27 heavy (non-hydrogen) atoms. The van der Waals surface area contributed by atoms with E-state index in [0.29, 0.717) is 26.2 Å². The summed E-state index contributed by atoms with van der Waals surface area (Å²) in [6.07, 6.45) is 2.17. The van der Waals surface area contributed by atoms with Gasteiger partial charge in [0.25, 0.3) is 0 Å². The van der Waals surface area contributed by atoms with Crippen LogP contribution in [-0.2, 0) is 16.1 Å². The summed E-state index contributed by atoms with van der Waals surface area (Å²) in [5, 5.41) is 6.38. The van der Waals surface area contributed by atoms with Crippen LogP contribution < -0.4 is 10.6 Å². The molecule has 5 nitrogen and oxygen atoms in total. The quantitative estimate of drug-likeness (QED) is 0.759. The standard InChI is InChI=1S/C18H25F2N3O2.2ClH/c19-16-2-1-13(9-17(16)20)11-23-6-3-14(4-7-23)22-18(24)10-15-12-25-8-5-21-15;;/h1-2,9,14-15,21H,3-8,10-12H2,(H,22,24);2*1H. The fourth-order valence-corrected chi connectivity index (χ4v) is 3.39. The number of piperidine rings is 1. The van der Waals surface area contributed by atoms with E-state index in [0.717, 1.165) is 38.0 Å². The second kappa shape index (κ2) is 11.8. The molecule has 2 aliphatic heterocycles. The van der Waals surface area contributed by atoms with Crippen molar-refractivity contribution < 1.29 is 18.3 Å². The predicted molar refractivity (Wildman–Crippen MR) is 105 cm³/mol. The molecule has 9 heteroatoms. The maximum atomic E-state index is 13.3. The third-order valence-electron chi connectivity index (χ3n) is 4.77. The van der Waals surface area contributed by atoms with Crippen LogP contribution in [0.15, 0.2) is 18.2 Å². The number of morpholine rings is 1. The summed E-state index contributed by atoms with van der Waals surface area (Å²) in [6, 6.07) is 4.31. The van der Waals surface area contributed by atoms with E-state index < -0.39 is 11.6 Å². The van der Waals surface area contributed by atoms with Crippen molar-refractivity contribution in [2.75, 3.05) is 32.8 Å². The van der Waals surface area contributed by atoms with Crippen LogP contribution in [-0.4, -0.2) is 55.7 Å². The highest BCUT2D eigenvalue weighted by Gasteiger charge is 2.23. The maximum absolute atomic E-state index is 13.3. The maximum Gasteiger partial charge on any atom is 0.221 e. The molecule has 154 valence electrons. The number of likely N-dealkylation sites (tertiary alicyclic amines) is 1. The Kier molecular flexibility index (Phi) is 10.5. The summed E-state index contributed by atoms with van der Waals surface area (Å²) in [6.45, 7) is 4.33. The van der Waals surface area contributed by atoms with E-state index in [1.807, 2.05) is 0 Å². The summed E-state index contributed by atoms with van der Waals surface area (Å²) >= 11 is 0. The molecular formula is C18H27Cl2F2N3O2. The summed E-state index contributed by atoms with van der Waals surface area (Å²) in [7, 11) is 0. The SMILES string of the molecule is Cl.Cl.O=C(CC1COCCN1)NC1CCN(Cc2ccc(F)c(F)c2)CC1. The molecule has 2 heterocycles. The zero-order valence-electron chi connectivity index (χ0n) is 15.1. The number of carbonyl (C=O) groups excluding carboxylic acids is 1. The van der Waals surface area contributed by atoms with E-state index in [4.69, 9.17) is 4.74 Å². The summed E-state index contributed by atoms with van der Waals surface area (Å²) < 4.78 is 31.6. The Morgan fingerprint density at radius 2 is 1.96 bits per heavy atom. The van der Waals surface area contributed by atoms with Gasteiger partial charge in [-0.2, -0.15) is 0 Å². The molecule has 0 radical (unpaired) electrons. The van der Waals surface area contributed by atoms with Gasteiger partial charge in [-0.15, -0.1) is 24.8 Å². The van der Waals surface area contributed by atoms with Crippen molar-refractivity contribution in [3.63, 3.8) is 0 Å². The first kappa shape index (κ1) is 24.0. The molecule has 0 bridgehead atoms. The van der Waals surface area contributed by atoms with Crippen molar-refractivity contribution in [2.24, 2.45) is 0 Å². The second-order valence-corrected chi connectivity index (χ2v) is 6.80. The van der Waals surface area contributed by atoms with Crippen molar-refractivity contribution in [1.29, 1.82) is 0 Å². The largest absolute Gasteiger partial charge is 0.378 e. The van der Waals surface area contributed by atoms with Crippen LogP contribution in [0.2, 0.25) is 0 Å². The number of benzene rings is 1. The predicted octanol–water partition coefficient (Wildman–Crippen LogP) is 2.27. The number of carbonyl (C=O) groups is 1. The second-order valence-electron chi connectivity index (χ2n) is 6.80. The van der Waals surface area contributed by atoms with E-state index in [9.17, 15) is 13.6 Å². The Balaban J connectivity index is 0.00000182. The van der Waals surface area contributed by atoms with Gasteiger partial charge in [-0.05, 0) is 30.5 Å². The Labute approximate surface area is 171 Å². The van der Waals surface area contributed by atoms with Crippen LogP contribution in [0.1, 0.15) is 24.8 Å². The first-order valence-corrected chi connectivity index (χ1v) is 8.87. The van der Waals surface area contributed by atoms with Gasteiger partial charge in [0.05, 0.1) is 13.2 Å². The first-order valence-electron chi connectivity index (χ1n) is 8.87. The van der Waals surface area contributed by atoms with Crippen LogP contribution in [0.3, 0.4) is 0 Å². The third-order valence-corrected chi connectivity index (χ3v) is 4.77. The lowest BCUT2D eigenvalue weighted by atomic mass is 10.0. The van der Waals surface area contributed by atoms with E-state index in [-0.39, 0.29) is 42.8 Å². The molecule has 2 aliphatic rings. The lowest BCUT2D eigenvalue weighted by Gasteiger charge is -2.33. The minimum absolute atomic E-state index is 0. The lowest BCUT2D eigenvalue weighted by Crippen LogP contribution is -2.48. The van der Waals surface area contributed by atoms with Crippen LogP contribution in [0.5, 0.6) is 0 Å². The van der Waals surface area contributed by atoms with Gasteiger partial charge in [-0.3, -0.25) is 9.69 Å². The summed E-state index contributed by atoms with van der Waals surface area (Å²) in [4.78, 5) is 14.3. The number of hydrogen-bond acceptors (Lipinski definition) is 4. The number of halogens is 4. The van der Waals surface area contributed by atoms with Crippen molar-refractivity contribution >= 4 is 30.7 Å². The molecular weight excluding hydrogens is 399 g/mol. The monoisotopic (exact) mass is 425 g/mol. The van der Waals surface area contributed by atoms with Gasteiger partial charge in [-0.1, -0.05) is 6.07 Å². The highest BCUT2D eigenvalue weighted by atomic mass is 35.5. The number of ether oxygens (including phenoxy) is 1. The van der Waals surface area contributed by atoms with Crippen molar-refractivity contribution in [2.45, 2.75) is 37.9 Å². The van der Waals surface area contributed by atoms with Crippen LogP contribution in [0.25, 0.3) is 0 Å². The average Bonchev–Trinajstić information content (AvgIpc) is 2.61. The molecule has 1 aromatic carbocycles. The van der Waals surface area contributed by atoms with E-state index in [1.165, 1.54) is 12.1 Å². The van der Waals surface area contributed by atoms with Gasteiger partial charge < -0.3 is 15.4 Å². The van der Waals surface area contributed by atoms with Gasteiger partial charge >= 0.3 is 0 Å². The Morgan fingerprint density at radius 1 is 1.22 bits per heavy atom. The highest BCUT2D eigenvalue weighted by molar-refractivity contribution is 5.85. The first-order chi connectivity index (χ1) is 12.1. The van der Waals surface area contributed by atoms with Gasteiger partial charge in [0.1, 0.15) is 0 Å². The molecule has 2 fully saturated rings. The molecule has 2 saturated heterocycles. The van der Waals surface area contributed by atoms with Gasteiger partial charge in [0.15, 0.2) is 11.6 Å². The van der Waals surface area contributed by atoms with E-state index >= 15 is 0 Å². The number of rotatable bonds is 5. The summed E-state index contributed by atoms with van der Waals surface area (Å²) in [5.74, 6) is -1.56. The fraction of sp³-hybridized carbons (Fsp3) is 0.611. The van der Waals surface area contributed by atoms with Crippen LogP contribution >= 0.6 is 24.8 Å². The Hall–Kier alpha value is -0.990. The van der Waals surface area contributed by atoms with E-state index in [1.54, 1.807) is 6.07 Å². The smallest absolute Gasteiger partial charge is 0.221 e. The zero-order chi connectivity index (χ0) is 17.6. The van der Waals surface area contributed by atoms with Crippen molar-refractivity contribution in [1.82, 2.24) is 15.5 Å². The molecule has 3 rings (SSSR count). The molecule has 0 saturated carbocycles. The van der Waals surface area contributed by atoms with Crippen LogP contribution in [0, 0.1) is 11.6 Å². The summed E-state index contributed by atoms with van der Waals surface area (Å²) in [5.41, 5.74) is 0.768. The number of amides is 1. The molecule has 1 amide bonds. The molecule has 2 N–H and O–H groups in total. The van der Waals surface area contributed by atoms with Gasteiger partial charge in [0, 0.05) is 44.7 Å². The fourth-order valence-electron chi connectivity index (χ4n) is 3.39. The highest BCUT2D eigenvalue weighted by Crippen LogP contribution is 2.16. The van der Waals surface area contributed by atoms with Crippen molar-refractivity contribution in [3.05, 3.63) is 35.4 Å². The van der Waals surface area contributed by atoms with E-state index in [2.05, 4.69) is 15.5 Å². The zero-order valence-corrected chi connectivity index (χ0v) is 16.7. The number of nitrogens with one attached hydrogen (secondary N) is 2. The Bertz CT molecular complexity index is 596. The number of nitrogens with zero attached hydrogens (tertiary/aromatic N) is 1. The minimum atomic E-state index is -0.817. The average molecular weight is 426 g/mol. The molecule has 0 spiro atoms. The topological polar surface area (TPSA) is 53.6 Å². The Morgan fingerprint density at radius 3 is 2.59 bits per heavy atom. The molecule has 0 aromatic heterocycles. The molecule has 0 aliphatic carbocycles. The van der Waals surface area contributed by atoms with Crippen LogP contribution in [0.4, 0.5) is 8.78 Å². The van der Waals surface area contributed by atoms with Crippen molar-refractivity contribution in [3.8, 4) is 0 Å². The third kappa shape index (κ3) is 7.50. The molecule has 1 unspecified atom stereocenters. The van der Waals surface area contributed by atoms with Gasteiger partial charge in [-0.25, -0.2) is 8.78 Å². The lowest BCUT2D eigenvalue weighted by molar-refractivity contribution is -0.123. The molecule has 1 aromatic rings.